The Balaban J connectivity index is 1.65. The zero-order valence-electron chi connectivity index (χ0n) is 11.6. The van der Waals surface area contributed by atoms with Crippen molar-refractivity contribution in [1.29, 1.82) is 0 Å². The van der Waals surface area contributed by atoms with Gasteiger partial charge in [-0.1, -0.05) is 30.4 Å². The fraction of sp³-hybridized carbons (Fsp3) is 0.0588. The molecular formula is C17H13NO4. The number of hydrogen-bond acceptors (Lipinski definition) is 4. The number of non-ortho nitro benzene ring substituents is 1. The van der Waals surface area contributed by atoms with Crippen molar-refractivity contribution in [2.24, 2.45) is 0 Å². The highest BCUT2D eigenvalue weighted by atomic mass is 16.7. The van der Waals surface area contributed by atoms with Gasteiger partial charge in [0.2, 0.25) is 6.79 Å². The van der Waals surface area contributed by atoms with E-state index in [1.165, 1.54) is 12.1 Å². The zero-order chi connectivity index (χ0) is 15.4. The maximum atomic E-state index is 10.6. The predicted molar refractivity (Wildman–Crippen MR) is 83.7 cm³/mol. The van der Waals surface area contributed by atoms with Crippen LogP contribution in [-0.4, -0.2) is 11.7 Å². The van der Waals surface area contributed by atoms with Gasteiger partial charge in [0, 0.05) is 12.1 Å². The number of nitro groups is 1. The highest BCUT2D eigenvalue weighted by Gasteiger charge is 2.11. The van der Waals surface area contributed by atoms with E-state index in [0.717, 1.165) is 22.6 Å². The first-order chi connectivity index (χ1) is 10.7. The Bertz CT molecular complexity index is 748. The van der Waals surface area contributed by atoms with Crippen LogP contribution in [0.3, 0.4) is 0 Å². The third-order valence-corrected chi connectivity index (χ3v) is 3.19. The molecule has 0 unspecified atom stereocenters. The second-order valence-electron chi connectivity index (χ2n) is 4.68. The minimum atomic E-state index is -0.410. The number of benzene rings is 2. The van der Waals surface area contributed by atoms with Crippen LogP contribution in [0.4, 0.5) is 5.69 Å². The Kier molecular flexibility index (Phi) is 3.87. The van der Waals surface area contributed by atoms with Crippen molar-refractivity contribution >= 4 is 17.8 Å². The number of nitro benzene ring substituents is 1. The molecule has 110 valence electrons. The molecule has 0 spiro atoms. The molecule has 0 aliphatic carbocycles. The van der Waals surface area contributed by atoms with E-state index in [1.807, 2.05) is 42.5 Å². The number of rotatable bonds is 4. The van der Waals surface area contributed by atoms with Crippen LogP contribution in [0.2, 0.25) is 0 Å². The van der Waals surface area contributed by atoms with Crippen LogP contribution in [0.25, 0.3) is 12.2 Å². The van der Waals surface area contributed by atoms with E-state index in [2.05, 4.69) is 0 Å². The van der Waals surface area contributed by atoms with Gasteiger partial charge >= 0.3 is 0 Å². The zero-order valence-corrected chi connectivity index (χ0v) is 11.6. The van der Waals surface area contributed by atoms with Gasteiger partial charge < -0.3 is 9.47 Å². The third-order valence-electron chi connectivity index (χ3n) is 3.19. The maximum absolute atomic E-state index is 10.6. The topological polar surface area (TPSA) is 61.6 Å². The summed E-state index contributed by atoms with van der Waals surface area (Å²) in [5.41, 5.74) is 2.01. The lowest BCUT2D eigenvalue weighted by molar-refractivity contribution is -0.384. The molecule has 1 aliphatic rings. The van der Waals surface area contributed by atoms with E-state index in [-0.39, 0.29) is 12.5 Å². The largest absolute Gasteiger partial charge is 0.454 e. The second kappa shape index (κ2) is 6.13. The monoisotopic (exact) mass is 295 g/mol. The van der Waals surface area contributed by atoms with Gasteiger partial charge in [-0.15, -0.1) is 0 Å². The van der Waals surface area contributed by atoms with Crippen molar-refractivity contribution in [3.8, 4) is 11.5 Å². The summed E-state index contributed by atoms with van der Waals surface area (Å²) in [4.78, 5) is 10.2. The number of ether oxygens (including phenoxy) is 2. The van der Waals surface area contributed by atoms with E-state index < -0.39 is 4.92 Å². The second-order valence-corrected chi connectivity index (χ2v) is 4.68. The summed E-state index contributed by atoms with van der Waals surface area (Å²) >= 11 is 0. The first-order valence-corrected chi connectivity index (χ1v) is 6.71. The van der Waals surface area contributed by atoms with Crippen molar-refractivity contribution < 1.29 is 14.4 Å². The number of hydrogen-bond donors (Lipinski definition) is 0. The lowest BCUT2D eigenvalue weighted by Crippen LogP contribution is -1.92. The smallest absolute Gasteiger partial charge is 0.269 e. The van der Waals surface area contributed by atoms with E-state index in [4.69, 9.17) is 9.47 Å². The standard InChI is InChI=1S/C17H13NO4/c19-18(20)15-8-5-13(6-9-15)3-1-2-4-14-7-10-16-17(11-14)22-12-21-16/h1-11H,12H2/b3-1+,4-2+. The molecule has 0 bridgehead atoms. The molecule has 0 saturated carbocycles. The molecule has 5 nitrogen and oxygen atoms in total. The van der Waals surface area contributed by atoms with E-state index in [0.29, 0.717) is 0 Å². The molecule has 0 saturated heterocycles. The van der Waals surface area contributed by atoms with Crippen molar-refractivity contribution in [2.75, 3.05) is 6.79 Å². The van der Waals surface area contributed by atoms with Crippen molar-refractivity contribution in [3.63, 3.8) is 0 Å². The van der Waals surface area contributed by atoms with Crippen LogP contribution in [0, 0.1) is 10.1 Å². The normalized spacial score (nSPS) is 13.1. The summed E-state index contributed by atoms with van der Waals surface area (Å²) in [5, 5.41) is 10.6. The molecule has 0 atom stereocenters. The molecule has 1 heterocycles. The molecule has 5 heteroatoms. The Morgan fingerprint density at radius 1 is 0.909 bits per heavy atom. The average molecular weight is 295 g/mol. The molecular weight excluding hydrogens is 282 g/mol. The summed E-state index contributed by atoms with van der Waals surface area (Å²) < 4.78 is 10.6. The number of fused-ring (bicyclic) bond motifs is 1. The van der Waals surface area contributed by atoms with Gasteiger partial charge in [-0.05, 0) is 35.4 Å². The molecule has 0 aromatic heterocycles. The van der Waals surface area contributed by atoms with Gasteiger partial charge in [-0.25, -0.2) is 0 Å². The molecule has 0 fully saturated rings. The first-order valence-electron chi connectivity index (χ1n) is 6.71. The van der Waals surface area contributed by atoms with Crippen molar-refractivity contribution in [2.45, 2.75) is 0 Å². The van der Waals surface area contributed by atoms with E-state index in [1.54, 1.807) is 12.1 Å². The molecule has 0 radical (unpaired) electrons. The van der Waals surface area contributed by atoms with Crippen LogP contribution in [0.1, 0.15) is 11.1 Å². The summed E-state index contributed by atoms with van der Waals surface area (Å²) in [6.45, 7) is 0.266. The molecule has 3 rings (SSSR count). The quantitative estimate of drug-likeness (QED) is 0.485. The number of allylic oxidation sites excluding steroid dienone is 2. The van der Waals surface area contributed by atoms with Crippen molar-refractivity contribution in [3.05, 3.63) is 75.9 Å². The number of nitrogens with zero attached hydrogens (tertiary/aromatic N) is 1. The summed E-state index contributed by atoms with van der Waals surface area (Å²) in [7, 11) is 0. The molecule has 2 aromatic carbocycles. The molecule has 2 aromatic rings. The van der Waals surface area contributed by atoms with Crippen LogP contribution in [0.5, 0.6) is 11.5 Å². The average Bonchev–Trinajstić information content (AvgIpc) is 2.99. The molecule has 1 aliphatic heterocycles. The Hall–Kier alpha value is -3.08. The maximum Gasteiger partial charge on any atom is 0.269 e. The van der Waals surface area contributed by atoms with Gasteiger partial charge in [0.25, 0.3) is 5.69 Å². The first kappa shape index (κ1) is 13.9. The SMILES string of the molecule is O=[N+]([O-])c1ccc(/C=C/C=C/c2ccc3c(c2)OCO3)cc1. The van der Waals surface area contributed by atoms with Crippen LogP contribution in [-0.2, 0) is 0 Å². The van der Waals surface area contributed by atoms with Crippen LogP contribution >= 0.6 is 0 Å². The fourth-order valence-electron chi connectivity index (χ4n) is 2.06. The molecule has 0 amide bonds. The van der Waals surface area contributed by atoms with Crippen LogP contribution < -0.4 is 9.47 Å². The third kappa shape index (κ3) is 3.15. The van der Waals surface area contributed by atoms with E-state index in [9.17, 15) is 10.1 Å². The van der Waals surface area contributed by atoms with Gasteiger partial charge in [0.1, 0.15) is 0 Å². The van der Waals surface area contributed by atoms with Gasteiger partial charge in [0.05, 0.1) is 4.92 Å². The Morgan fingerprint density at radius 3 is 2.27 bits per heavy atom. The molecule has 22 heavy (non-hydrogen) atoms. The summed E-state index contributed by atoms with van der Waals surface area (Å²) in [6.07, 6.45) is 7.61. The predicted octanol–water partition coefficient (Wildman–Crippen LogP) is 4.05. The highest BCUT2D eigenvalue weighted by Crippen LogP contribution is 2.32. The summed E-state index contributed by atoms with van der Waals surface area (Å²) in [5.74, 6) is 1.51. The van der Waals surface area contributed by atoms with Crippen LogP contribution in [0.15, 0.2) is 54.6 Å². The lowest BCUT2D eigenvalue weighted by atomic mass is 10.1. The highest BCUT2D eigenvalue weighted by molar-refractivity contribution is 5.60. The van der Waals surface area contributed by atoms with E-state index >= 15 is 0 Å². The molecule has 0 N–H and O–H groups in total. The van der Waals surface area contributed by atoms with Gasteiger partial charge in [-0.2, -0.15) is 0 Å². The Labute approximate surface area is 127 Å². The van der Waals surface area contributed by atoms with Crippen molar-refractivity contribution in [1.82, 2.24) is 0 Å². The minimum absolute atomic E-state index is 0.0908. The minimum Gasteiger partial charge on any atom is -0.454 e. The lowest BCUT2D eigenvalue weighted by Gasteiger charge is -1.96. The summed E-state index contributed by atoms with van der Waals surface area (Å²) in [6, 6.07) is 12.1. The van der Waals surface area contributed by atoms with Gasteiger partial charge in [0.15, 0.2) is 11.5 Å². The fourth-order valence-corrected chi connectivity index (χ4v) is 2.06. The Morgan fingerprint density at radius 2 is 1.55 bits per heavy atom. The van der Waals surface area contributed by atoms with Gasteiger partial charge in [-0.3, -0.25) is 10.1 Å².